The van der Waals surface area contributed by atoms with E-state index < -0.39 is 12.1 Å². The number of aliphatic hydroxyl groups is 2. The summed E-state index contributed by atoms with van der Waals surface area (Å²) in [6.45, 7) is 4.95. The molecule has 0 saturated carbocycles. The molecule has 0 aliphatic carbocycles. The highest BCUT2D eigenvalue weighted by Crippen LogP contribution is 2.18. The SMILES string of the molecule is CCCCCC/C=C\C/C=C\CCCCCCCCCC(=O)OCCCCCCCCCCC/C=C\C/C=C\CCCCCCCCCC(=O)NC(CO)C(O)CCCCCCCCCCCCCCCCCCCCC. The van der Waals surface area contributed by atoms with Gasteiger partial charge in [-0.1, -0.05) is 313 Å². The lowest BCUT2D eigenvalue weighted by Gasteiger charge is -2.22. The summed E-state index contributed by atoms with van der Waals surface area (Å²) in [4.78, 5) is 24.6. The number of hydrogen-bond donors (Lipinski definition) is 3. The van der Waals surface area contributed by atoms with Gasteiger partial charge in [0, 0.05) is 12.8 Å². The van der Waals surface area contributed by atoms with Crippen molar-refractivity contribution in [3.63, 3.8) is 0 Å². The van der Waals surface area contributed by atoms with E-state index in [1.807, 2.05) is 0 Å². The smallest absolute Gasteiger partial charge is 0.305 e. The molecule has 0 aliphatic rings. The van der Waals surface area contributed by atoms with E-state index in [1.165, 1.54) is 270 Å². The molecule has 0 saturated heterocycles. The van der Waals surface area contributed by atoms with Gasteiger partial charge in [-0.2, -0.15) is 0 Å². The maximum atomic E-state index is 12.5. The summed E-state index contributed by atoms with van der Waals surface area (Å²) < 4.78 is 5.49. The number of nitrogens with one attached hydrogen (secondary N) is 1. The fourth-order valence-electron chi connectivity index (χ4n) is 10.6. The first-order valence-corrected chi connectivity index (χ1v) is 34.4. The minimum atomic E-state index is -0.673. The van der Waals surface area contributed by atoms with Crippen LogP contribution in [0.25, 0.3) is 0 Å². The first-order valence-electron chi connectivity index (χ1n) is 34.4. The molecule has 77 heavy (non-hydrogen) atoms. The van der Waals surface area contributed by atoms with Gasteiger partial charge in [-0.3, -0.25) is 9.59 Å². The van der Waals surface area contributed by atoms with E-state index in [4.69, 9.17) is 4.74 Å². The quantitative estimate of drug-likeness (QED) is 0.0320. The van der Waals surface area contributed by atoms with E-state index >= 15 is 0 Å². The molecule has 3 N–H and O–H groups in total. The lowest BCUT2D eigenvalue weighted by atomic mass is 10.0. The first-order chi connectivity index (χ1) is 38.0. The van der Waals surface area contributed by atoms with Gasteiger partial charge in [-0.05, 0) is 89.9 Å². The molecule has 0 aromatic rings. The van der Waals surface area contributed by atoms with Gasteiger partial charge in [0.25, 0.3) is 0 Å². The lowest BCUT2D eigenvalue weighted by molar-refractivity contribution is -0.143. The Morgan fingerprint density at radius 3 is 1.00 bits per heavy atom. The Kier molecular flexibility index (Phi) is 64.5. The molecule has 0 fully saturated rings. The molecule has 0 heterocycles. The van der Waals surface area contributed by atoms with E-state index in [0.717, 1.165) is 64.2 Å². The Morgan fingerprint density at radius 1 is 0.364 bits per heavy atom. The molecule has 0 aromatic heterocycles. The standard InChI is InChI=1S/C71H133NO5/c1-3-5-7-9-11-13-15-17-19-21-28-31-35-39-43-47-51-55-59-63-69(74)68(67-73)72-70(75)64-60-56-52-48-44-40-36-32-29-26-24-23-25-27-30-34-38-42-46-50-54-58-62-66-77-71(76)65-61-57-53-49-45-41-37-33-22-20-18-16-14-12-10-8-6-4-2/h14,16,20,22-23,25-26,29,68-69,73-74H,3-13,15,17-19,21,24,27-28,30-67H2,1-2H3,(H,72,75)/b16-14-,22-20-,25-23-,29-26-. The second-order valence-corrected chi connectivity index (χ2v) is 23.5. The number of allylic oxidation sites excluding steroid dienone is 8. The van der Waals surface area contributed by atoms with Crippen molar-refractivity contribution in [1.29, 1.82) is 0 Å². The highest BCUT2D eigenvalue weighted by atomic mass is 16.5. The van der Waals surface area contributed by atoms with Crippen LogP contribution in [0.3, 0.4) is 0 Å². The van der Waals surface area contributed by atoms with Gasteiger partial charge in [-0.15, -0.1) is 0 Å². The zero-order valence-electron chi connectivity index (χ0n) is 51.7. The van der Waals surface area contributed by atoms with Gasteiger partial charge in [0.05, 0.1) is 25.4 Å². The molecule has 6 nitrogen and oxygen atoms in total. The maximum Gasteiger partial charge on any atom is 0.305 e. The number of unbranched alkanes of at least 4 members (excludes halogenated alkanes) is 45. The molecular weight excluding hydrogens is 947 g/mol. The normalized spacial score (nSPS) is 12.8. The zero-order valence-corrected chi connectivity index (χ0v) is 51.7. The Labute approximate surface area is 480 Å². The second-order valence-electron chi connectivity index (χ2n) is 23.5. The molecule has 6 heteroatoms. The molecule has 0 radical (unpaired) electrons. The second kappa shape index (κ2) is 66.3. The summed E-state index contributed by atoms with van der Waals surface area (Å²) in [5.74, 6) is -0.0430. The Morgan fingerprint density at radius 2 is 0.649 bits per heavy atom. The number of rotatable bonds is 64. The van der Waals surface area contributed by atoms with E-state index in [1.54, 1.807) is 0 Å². The molecule has 0 aromatic carbocycles. The molecule has 2 unspecified atom stereocenters. The van der Waals surface area contributed by atoms with Crippen molar-refractivity contribution >= 4 is 11.9 Å². The van der Waals surface area contributed by atoms with Gasteiger partial charge in [0.1, 0.15) is 0 Å². The number of carbonyl (C=O) groups is 2. The zero-order chi connectivity index (χ0) is 55.7. The number of carbonyl (C=O) groups excluding carboxylic acids is 2. The Hall–Kier alpha value is -2.18. The van der Waals surface area contributed by atoms with Crippen LogP contribution >= 0.6 is 0 Å². The Bertz CT molecular complexity index is 1290. The van der Waals surface area contributed by atoms with Gasteiger partial charge in [0.15, 0.2) is 0 Å². The summed E-state index contributed by atoms with van der Waals surface area (Å²) in [6, 6.07) is -0.551. The third-order valence-electron chi connectivity index (χ3n) is 15.9. The van der Waals surface area contributed by atoms with Crippen LogP contribution in [0.2, 0.25) is 0 Å². The summed E-state index contributed by atoms with van der Waals surface area (Å²) in [5.41, 5.74) is 0. The van der Waals surface area contributed by atoms with Crippen LogP contribution < -0.4 is 5.32 Å². The highest BCUT2D eigenvalue weighted by Gasteiger charge is 2.20. The summed E-state index contributed by atoms with van der Waals surface area (Å²) in [7, 11) is 0. The van der Waals surface area contributed by atoms with Crippen LogP contribution in [0, 0.1) is 0 Å². The van der Waals surface area contributed by atoms with Crippen molar-refractivity contribution in [3.05, 3.63) is 48.6 Å². The van der Waals surface area contributed by atoms with Crippen LogP contribution in [-0.4, -0.2) is 47.4 Å². The molecular formula is C71H133NO5. The van der Waals surface area contributed by atoms with Crippen molar-refractivity contribution in [2.75, 3.05) is 13.2 Å². The highest BCUT2D eigenvalue weighted by molar-refractivity contribution is 5.76. The van der Waals surface area contributed by atoms with Crippen molar-refractivity contribution in [1.82, 2.24) is 5.32 Å². The number of amides is 1. The largest absolute Gasteiger partial charge is 0.466 e. The fourth-order valence-corrected chi connectivity index (χ4v) is 10.6. The van der Waals surface area contributed by atoms with Crippen molar-refractivity contribution in [2.45, 2.75) is 379 Å². The number of esters is 1. The van der Waals surface area contributed by atoms with Crippen molar-refractivity contribution in [2.24, 2.45) is 0 Å². The van der Waals surface area contributed by atoms with Gasteiger partial charge >= 0.3 is 5.97 Å². The summed E-state index contributed by atoms with van der Waals surface area (Å²) >= 11 is 0. The predicted octanol–water partition coefficient (Wildman–Crippen LogP) is 22.1. The minimum Gasteiger partial charge on any atom is -0.466 e. The van der Waals surface area contributed by atoms with Crippen molar-refractivity contribution in [3.8, 4) is 0 Å². The summed E-state index contributed by atoms with van der Waals surface area (Å²) in [6.07, 6.45) is 85.7. The summed E-state index contributed by atoms with van der Waals surface area (Å²) in [5, 5.41) is 23.4. The van der Waals surface area contributed by atoms with E-state index in [-0.39, 0.29) is 18.5 Å². The average molecular weight is 1080 g/mol. The van der Waals surface area contributed by atoms with Gasteiger partial charge in [0.2, 0.25) is 5.91 Å². The molecule has 0 aliphatic heterocycles. The van der Waals surface area contributed by atoms with Gasteiger partial charge < -0.3 is 20.3 Å². The van der Waals surface area contributed by atoms with Crippen LogP contribution in [0.1, 0.15) is 367 Å². The Balaban J connectivity index is 3.45. The van der Waals surface area contributed by atoms with E-state index in [9.17, 15) is 19.8 Å². The maximum absolute atomic E-state index is 12.5. The molecule has 0 rings (SSSR count). The van der Waals surface area contributed by atoms with Crippen LogP contribution in [-0.2, 0) is 14.3 Å². The van der Waals surface area contributed by atoms with Crippen LogP contribution in [0.15, 0.2) is 48.6 Å². The van der Waals surface area contributed by atoms with Crippen molar-refractivity contribution < 1.29 is 24.5 Å². The molecule has 0 spiro atoms. The lowest BCUT2D eigenvalue weighted by Crippen LogP contribution is -2.45. The van der Waals surface area contributed by atoms with E-state index in [2.05, 4.69) is 67.8 Å². The third-order valence-corrected chi connectivity index (χ3v) is 15.9. The topological polar surface area (TPSA) is 95.9 Å². The average Bonchev–Trinajstić information content (AvgIpc) is 3.43. The fraction of sp³-hybridized carbons (Fsp3) is 0.859. The van der Waals surface area contributed by atoms with Crippen LogP contribution in [0.4, 0.5) is 0 Å². The monoisotopic (exact) mass is 1080 g/mol. The molecule has 1 amide bonds. The molecule has 0 bridgehead atoms. The third kappa shape index (κ3) is 62.9. The van der Waals surface area contributed by atoms with E-state index in [0.29, 0.717) is 25.9 Å². The first kappa shape index (κ1) is 74.8. The number of hydrogen-bond acceptors (Lipinski definition) is 5. The predicted molar refractivity (Wildman–Crippen MR) is 338 cm³/mol. The van der Waals surface area contributed by atoms with Crippen LogP contribution in [0.5, 0.6) is 0 Å². The molecule has 452 valence electrons. The molecule has 2 atom stereocenters. The van der Waals surface area contributed by atoms with Gasteiger partial charge in [-0.25, -0.2) is 0 Å². The number of ether oxygens (including phenoxy) is 1. The minimum absolute atomic E-state index is 0.0000314. The number of aliphatic hydroxyl groups excluding tert-OH is 2.